The van der Waals surface area contributed by atoms with E-state index in [2.05, 4.69) is 39.5 Å². The van der Waals surface area contributed by atoms with E-state index in [0.29, 0.717) is 11.7 Å². The van der Waals surface area contributed by atoms with Crippen LogP contribution in [-0.4, -0.2) is 5.11 Å². The summed E-state index contributed by atoms with van der Waals surface area (Å²) in [5, 5.41) is 10.7. The SMILES string of the molecule is C=C1C(O)=C(C)[C@H](C=Cc2ccoc2)[C@@]2(C)CCCC(C)(C)[C@H]12. The molecule has 0 bridgehead atoms. The predicted octanol–water partition coefficient (Wildman–Crippen LogP) is 6.14. The lowest BCUT2D eigenvalue weighted by molar-refractivity contribution is -0.00520. The van der Waals surface area contributed by atoms with Crippen molar-refractivity contribution < 1.29 is 9.52 Å². The normalized spacial score (nSPS) is 34.0. The van der Waals surface area contributed by atoms with Crippen LogP contribution in [0.25, 0.3) is 6.08 Å². The van der Waals surface area contributed by atoms with E-state index in [1.165, 1.54) is 19.3 Å². The second kappa shape index (κ2) is 5.43. The molecule has 1 heterocycles. The van der Waals surface area contributed by atoms with Gasteiger partial charge in [-0.1, -0.05) is 45.9 Å². The second-order valence-electron chi connectivity index (χ2n) is 8.23. The molecule has 2 heteroatoms. The molecule has 0 saturated heterocycles. The molecule has 1 aromatic rings. The van der Waals surface area contributed by atoms with Crippen LogP contribution in [0.3, 0.4) is 0 Å². The molecule has 1 saturated carbocycles. The number of rotatable bonds is 2. The van der Waals surface area contributed by atoms with Crippen LogP contribution in [0.5, 0.6) is 0 Å². The highest BCUT2D eigenvalue weighted by molar-refractivity contribution is 5.51. The van der Waals surface area contributed by atoms with Crippen molar-refractivity contribution in [1.29, 1.82) is 0 Å². The summed E-state index contributed by atoms with van der Waals surface area (Å²) in [6.07, 6.45) is 11.4. The van der Waals surface area contributed by atoms with Crippen LogP contribution in [0.2, 0.25) is 0 Å². The molecule has 3 atom stereocenters. The Hall–Kier alpha value is -1.70. The molecule has 1 aromatic heterocycles. The van der Waals surface area contributed by atoms with Crippen LogP contribution in [0.4, 0.5) is 0 Å². The average Bonchev–Trinajstić information content (AvgIpc) is 2.97. The Morgan fingerprint density at radius 2 is 2.04 bits per heavy atom. The van der Waals surface area contributed by atoms with E-state index >= 15 is 0 Å². The van der Waals surface area contributed by atoms with Gasteiger partial charge in [0.15, 0.2) is 0 Å². The molecule has 3 rings (SSSR count). The van der Waals surface area contributed by atoms with Crippen molar-refractivity contribution in [3.63, 3.8) is 0 Å². The zero-order valence-electron chi connectivity index (χ0n) is 14.7. The van der Waals surface area contributed by atoms with Gasteiger partial charge < -0.3 is 9.52 Å². The highest BCUT2D eigenvalue weighted by Crippen LogP contribution is 2.62. The van der Waals surface area contributed by atoms with Gasteiger partial charge in [-0.2, -0.15) is 0 Å². The molecular formula is C21H28O2. The van der Waals surface area contributed by atoms with Crippen LogP contribution in [0.1, 0.15) is 52.5 Å². The third-order valence-corrected chi connectivity index (χ3v) is 6.20. The number of hydrogen-bond donors (Lipinski definition) is 1. The lowest BCUT2D eigenvalue weighted by atomic mass is 9.47. The largest absolute Gasteiger partial charge is 0.508 e. The van der Waals surface area contributed by atoms with Crippen molar-refractivity contribution in [3.8, 4) is 0 Å². The van der Waals surface area contributed by atoms with Gasteiger partial charge in [0.25, 0.3) is 0 Å². The Morgan fingerprint density at radius 3 is 2.70 bits per heavy atom. The van der Waals surface area contributed by atoms with Crippen molar-refractivity contribution in [1.82, 2.24) is 0 Å². The van der Waals surface area contributed by atoms with E-state index in [-0.39, 0.29) is 16.7 Å². The van der Waals surface area contributed by atoms with Gasteiger partial charge in [-0.25, -0.2) is 0 Å². The first kappa shape index (κ1) is 16.2. The number of allylic oxidation sites excluding steroid dienone is 3. The quantitative estimate of drug-likeness (QED) is 0.711. The van der Waals surface area contributed by atoms with Gasteiger partial charge in [-0.3, -0.25) is 0 Å². The maximum Gasteiger partial charge on any atom is 0.118 e. The minimum absolute atomic E-state index is 0.107. The van der Waals surface area contributed by atoms with Gasteiger partial charge in [-0.15, -0.1) is 0 Å². The molecule has 0 unspecified atom stereocenters. The summed E-state index contributed by atoms with van der Waals surface area (Å²) in [4.78, 5) is 0. The first-order valence-corrected chi connectivity index (χ1v) is 8.57. The second-order valence-corrected chi connectivity index (χ2v) is 8.23. The third kappa shape index (κ3) is 2.49. The van der Waals surface area contributed by atoms with E-state index < -0.39 is 0 Å². The summed E-state index contributed by atoms with van der Waals surface area (Å²) < 4.78 is 5.16. The summed E-state index contributed by atoms with van der Waals surface area (Å²) in [6.45, 7) is 13.3. The van der Waals surface area contributed by atoms with Crippen LogP contribution in [-0.2, 0) is 0 Å². The molecule has 124 valence electrons. The van der Waals surface area contributed by atoms with E-state index in [1.807, 2.05) is 13.0 Å². The minimum atomic E-state index is 0.107. The Balaban J connectivity index is 2.07. The lowest BCUT2D eigenvalue weighted by Gasteiger charge is -2.57. The molecule has 0 radical (unpaired) electrons. The smallest absolute Gasteiger partial charge is 0.118 e. The Kier molecular flexibility index (Phi) is 3.82. The Morgan fingerprint density at radius 1 is 1.30 bits per heavy atom. The lowest BCUT2D eigenvalue weighted by Crippen LogP contribution is -2.49. The molecule has 2 aliphatic rings. The van der Waals surface area contributed by atoms with E-state index in [4.69, 9.17) is 4.42 Å². The van der Waals surface area contributed by atoms with E-state index in [0.717, 1.165) is 16.7 Å². The molecule has 1 fully saturated rings. The number of fused-ring (bicyclic) bond motifs is 1. The molecule has 0 aliphatic heterocycles. The molecule has 0 amide bonds. The molecule has 23 heavy (non-hydrogen) atoms. The van der Waals surface area contributed by atoms with E-state index in [1.54, 1.807) is 12.5 Å². The first-order chi connectivity index (χ1) is 10.8. The fourth-order valence-corrected chi connectivity index (χ4v) is 5.28. The summed E-state index contributed by atoms with van der Waals surface area (Å²) in [7, 11) is 0. The van der Waals surface area contributed by atoms with Crippen molar-refractivity contribution in [2.75, 3.05) is 0 Å². The Labute approximate surface area is 139 Å². The summed E-state index contributed by atoms with van der Waals surface area (Å²) >= 11 is 0. The van der Waals surface area contributed by atoms with Gasteiger partial charge in [0, 0.05) is 11.5 Å². The number of aliphatic hydroxyl groups is 1. The molecule has 2 nitrogen and oxygen atoms in total. The van der Waals surface area contributed by atoms with Crippen molar-refractivity contribution >= 4 is 6.08 Å². The van der Waals surface area contributed by atoms with Crippen LogP contribution < -0.4 is 0 Å². The van der Waals surface area contributed by atoms with Gasteiger partial charge in [0.2, 0.25) is 0 Å². The standard InChI is InChI=1S/C21H28O2/c1-14-17(8-7-16-9-12-23-13-16)21(5)11-6-10-20(3,4)19(21)15(2)18(14)22/h7-9,12-13,17,19,22H,2,6,10-11H2,1,3-5H3/t17-,19-,21+/m0/s1. The first-order valence-electron chi connectivity index (χ1n) is 8.57. The van der Waals surface area contributed by atoms with E-state index in [9.17, 15) is 5.11 Å². The maximum absolute atomic E-state index is 10.7. The number of furan rings is 1. The van der Waals surface area contributed by atoms with Crippen LogP contribution >= 0.6 is 0 Å². The van der Waals surface area contributed by atoms with Gasteiger partial charge in [0.05, 0.1) is 12.5 Å². The van der Waals surface area contributed by atoms with Crippen LogP contribution in [0, 0.1) is 22.7 Å². The highest BCUT2D eigenvalue weighted by Gasteiger charge is 2.54. The summed E-state index contributed by atoms with van der Waals surface area (Å²) in [5.74, 6) is 0.961. The average molecular weight is 312 g/mol. The molecule has 0 aromatic carbocycles. The molecular weight excluding hydrogens is 284 g/mol. The highest BCUT2D eigenvalue weighted by atomic mass is 16.3. The number of hydrogen-bond acceptors (Lipinski definition) is 2. The topological polar surface area (TPSA) is 33.4 Å². The zero-order valence-corrected chi connectivity index (χ0v) is 14.7. The zero-order chi connectivity index (χ0) is 16.8. The molecule has 2 aliphatic carbocycles. The van der Waals surface area contributed by atoms with Crippen molar-refractivity contribution in [3.05, 3.63) is 53.7 Å². The van der Waals surface area contributed by atoms with Crippen molar-refractivity contribution in [2.45, 2.75) is 47.0 Å². The maximum atomic E-state index is 10.7. The molecule has 0 spiro atoms. The van der Waals surface area contributed by atoms with Crippen LogP contribution in [0.15, 0.2) is 52.6 Å². The minimum Gasteiger partial charge on any atom is -0.508 e. The summed E-state index contributed by atoms with van der Waals surface area (Å²) in [6, 6.07) is 1.96. The fourth-order valence-electron chi connectivity index (χ4n) is 5.28. The van der Waals surface area contributed by atoms with Gasteiger partial charge >= 0.3 is 0 Å². The monoisotopic (exact) mass is 312 g/mol. The third-order valence-electron chi connectivity index (χ3n) is 6.20. The fraction of sp³-hybridized carbons (Fsp3) is 0.524. The van der Waals surface area contributed by atoms with Crippen molar-refractivity contribution in [2.24, 2.45) is 22.7 Å². The predicted molar refractivity (Wildman–Crippen MR) is 94.9 cm³/mol. The number of aliphatic hydroxyl groups excluding tert-OH is 1. The summed E-state index contributed by atoms with van der Waals surface area (Å²) in [5.41, 5.74) is 3.32. The van der Waals surface area contributed by atoms with Gasteiger partial charge in [-0.05, 0) is 53.7 Å². The Bertz CT molecular complexity index is 660. The molecule has 1 N–H and O–H groups in total. The van der Waals surface area contributed by atoms with Gasteiger partial charge in [0.1, 0.15) is 5.76 Å².